The number of aliphatic imine (C=N–C) groups is 1. The van der Waals surface area contributed by atoms with Crippen LogP contribution in [0.25, 0.3) is 0 Å². The van der Waals surface area contributed by atoms with Crippen molar-refractivity contribution in [3.63, 3.8) is 0 Å². The normalized spacial score (nSPS) is 14.2. The number of nitrogens with one attached hydrogen (secondary N) is 2. The Hall–Kier alpha value is -1.02. The molecule has 0 heterocycles. The molecule has 0 saturated heterocycles. The molecule has 2 rings (SSSR count). The van der Waals surface area contributed by atoms with Gasteiger partial charge in [0.2, 0.25) is 0 Å². The number of nitrogens with zero attached hydrogens (tertiary/aromatic N) is 1. The minimum absolute atomic E-state index is 0. The summed E-state index contributed by atoms with van der Waals surface area (Å²) in [6.07, 6.45) is 2.68. The molecular formula is C16H26IN3O2. The van der Waals surface area contributed by atoms with Crippen molar-refractivity contribution in [2.24, 2.45) is 10.9 Å². The molecule has 0 aromatic heterocycles. The minimum Gasteiger partial charge on any atom is -0.491 e. The zero-order valence-electron chi connectivity index (χ0n) is 13.3. The van der Waals surface area contributed by atoms with Gasteiger partial charge in [0, 0.05) is 27.2 Å². The van der Waals surface area contributed by atoms with Gasteiger partial charge in [0.05, 0.1) is 6.61 Å². The van der Waals surface area contributed by atoms with E-state index in [4.69, 9.17) is 9.47 Å². The Balaban J connectivity index is 0.00000242. The number of hydrogen-bond acceptors (Lipinski definition) is 3. The molecule has 1 aliphatic carbocycles. The largest absolute Gasteiger partial charge is 0.491 e. The van der Waals surface area contributed by atoms with Crippen molar-refractivity contribution in [1.29, 1.82) is 0 Å². The van der Waals surface area contributed by atoms with Crippen LogP contribution in [0.4, 0.5) is 0 Å². The molecule has 0 aliphatic heterocycles. The van der Waals surface area contributed by atoms with E-state index in [9.17, 15) is 0 Å². The van der Waals surface area contributed by atoms with Gasteiger partial charge in [-0.15, -0.1) is 24.0 Å². The zero-order valence-corrected chi connectivity index (χ0v) is 15.6. The highest BCUT2D eigenvalue weighted by molar-refractivity contribution is 14.0. The van der Waals surface area contributed by atoms with E-state index in [2.05, 4.69) is 21.7 Å². The number of halogens is 1. The summed E-state index contributed by atoms with van der Waals surface area (Å²) < 4.78 is 10.6. The van der Waals surface area contributed by atoms with E-state index in [-0.39, 0.29) is 24.0 Å². The van der Waals surface area contributed by atoms with Gasteiger partial charge in [-0.05, 0) is 36.5 Å². The third kappa shape index (κ3) is 7.31. The predicted molar refractivity (Wildman–Crippen MR) is 100 cm³/mol. The van der Waals surface area contributed by atoms with Crippen LogP contribution in [0.2, 0.25) is 0 Å². The van der Waals surface area contributed by atoms with E-state index in [0.717, 1.165) is 30.7 Å². The summed E-state index contributed by atoms with van der Waals surface area (Å²) in [5.41, 5.74) is 1.17. The van der Waals surface area contributed by atoms with Crippen molar-refractivity contribution in [1.82, 2.24) is 10.6 Å². The van der Waals surface area contributed by atoms with Crippen LogP contribution in [0.3, 0.4) is 0 Å². The second kappa shape index (κ2) is 10.7. The van der Waals surface area contributed by atoms with E-state index in [1.807, 2.05) is 18.2 Å². The highest BCUT2D eigenvalue weighted by atomic mass is 127. The molecule has 0 amide bonds. The second-order valence-corrected chi connectivity index (χ2v) is 5.24. The average molecular weight is 419 g/mol. The van der Waals surface area contributed by atoms with Crippen molar-refractivity contribution in [3.05, 3.63) is 29.8 Å². The molecule has 0 radical (unpaired) electrons. The molecule has 124 valence electrons. The smallest absolute Gasteiger partial charge is 0.191 e. The molecule has 0 bridgehead atoms. The van der Waals surface area contributed by atoms with Crippen molar-refractivity contribution < 1.29 is 9.47 Å². The predicted octanol–water partition coefficient (Wildman–Crippen LogP) is 2.40. The van der Waals surface area contributed by atoms with Gasteiger partial charge in [0.1, 0.15) is 12.4 Å². The Labute approximate surface area is 149 Å². The van der Waals surface area contributed by atoms with Crippen LogP contribution < -0.4 is 15.4 Å². The first kappa shape index (κ1) is 19.0. The summed E-state index contributed by atoms with van der Waals surface area (Å²) in [7, 11) is 3.47. The maximum Gasteiger partial charge on any atom is 0.191 e. The van der Waals surface area contributed by atoms with Gasteiger partial charge in [-0.2, -0.15) is 0 Å². The number of hydrogen-bond donors (Lipinski definition) is 2. The Morgan fingerprint density at radius 3 is 2.77 bits per heavy atom. The molecule has 1 saturated carbocycles. The minimum atomic E-state index is 0. The van der Waals surface area contributed by atoms with Crippen LogP contribution in [0.1, 0.15) is 18.4 Å². The molecular weight excluding hydrogens is 393 g/mol. The standard InChI is InChI=1S/C16H25N3O2.HI/c1-17-16(18-11-13-6-7-13)19-12-14-4-3-5-15(10-14)21-9-8-20-2;/h3-5,10,13H,6-9,11-12H2,1-2H3,(H2,17,18,19);1H. The lowest BCUT2D eigenvalue weighted by Gasteiger charge is -2.12. The van der Waals surface area contributed by atoms with Gasteiger partial charge in [-0.1, -0.05) is 12.1 Å². The van der Waals surface area contributed by atoms with E-state index in [1.165, 1.54) is 18.4 Å². The molecule has 6 heteroatoms. The number of methoxy groups -OCH3 is 1. The molecule has 1 aliphatic rings. The van der Waals surface area contributed by atoms with Gasteiger partial charge in [0.25, 0.3) is 0 Å². The topological polar surface area (TPSA) is 54.9 Å². The molecule has 0 spiro atoms. The molecule has 2 N–H and O–H groups in total. The Bertz CT molecular complexity index is 464. The van der Waals surface area contributed by atoms with Crippen LogP contribution in [-0.4, -0.2) is 39.9 Å². The van der Waals surface area contributed by atoms with Crippen LogP contribution in [-0.2, 0) is 11.3 Å². The van der Waals surface area contributed by atoms with Crippen molar-refractivity contribution >= 4 is 29.9 Å². The lowest BCUT2D eigenvalue weighted by molar-refractivity contribution is 0.146. The van der Waals surface area contributed by atoms with Crippen molar-refractivity contribution in [2.45, 2.75) is 19.4 Å². The average Bonchev–Trinajstić information content (AvgIpc) is 3.32. The third-order valence-corrected chi connectivity index (χ3v) is 3.39. The Morgan fingerprint density at radius 1 is 1.27 bits per heavy atom. The summed E-state index contributed by atoms with van der Waals surface area (Å²) in [5, 5.41) is 6.67. The lowest BCUT2D eigenvalue weighted by Crippen LogP contribution is -2.37. The van der Waals surface area contributed by atoms with Gasteiger partial charge >= 0.3 is 0 Å². The van der Waals surface area contributed by atoms with Crippen LogP contribution in [0.5, 0.6) is 5.75 Å². The fourth-order valence-corrected chi connectivity index (χ4v) is 1.96. The maximum atomic E-state index is 5.61. The van der Waals surface area contributed by atoms with E-state index in [1.54, 1.807) is 14.2 Å². The third-order valence-electron chi connectivity index (χ3n) is 3.39. The SMILES string of the molecule is CN=C(NCc1cccc(OCCOC)c1)NCC1CC1.I. The first-order valence-corrected chi connectivity index (χ1v) is 7.47. The first-order valence-electron chi connectivity index (χ1n) is 7.47. The van der Waals surface area contributed by atoms with E-state index in [0.29, 0.717) is 13.2 Å². The van der Waals surface area contributed by atoms with Gasteiger partial charge in [0.15, 0.2) is 5.96 Å². The maximum absolute atomic E-state index is 5.61. The van der Waals surface area contributed by atoms with Gasteiger partial charge in [-0.25, -0.2) is 0 Å². The Kier molecular flexibility index (Phi) is 9.22. The summed E-state index contributed by atoms with van der Waals surface area (Å²) >= 11 is 0. The zero-order chi connectivity index (χ0) is 14.9. The number of guanidine groups is 1. The number of rotatable bonds is 8. The molecule has 22 heavy (non-hydrogen) atoms. The van der Waals surface area contributed by atoms with Crippen molar-refractivity contribution in [3.8, 4) is 5.75 Å². The summed E-state index contributed by atoms with van der Waals surface area (Å²) in [5.74, 6) is 2.56. The van der Waals surface area contributed by atoms with E-state index >= 15 is 0 Å². The van der Waals surface area contributed by atoms with Crippen LogP contribution >= 0.6 is 24.0 Å². The van der Waals surface area contributed by atoms with Gasteiger partial charge in [-0.3, -0.25) is 4.99 Å². The highest BCUT2D eigenvalue weighted by Gasteiger charge is 2.20. The molecule has 0 atom stereocenters. The molecule has 1 fully saturated rings. The fourth-order valence-electron chi connectivity index (χ4n) is 1.96. The van der Waals surface area contributed by atoms with Crippen molar-refractivity contribution in [2.75, 3.05) is 33.9 Å². The molecule has 0 unspecified atom stereocenters. The van der Waals surface area contributed by atoms with Gasteiger partial charge < -0.3 is 20.1 Å². The number of ether oxygens (including phenoxy) is 2. The summed E-state index contributed by atoms with van der Waals surface area (Å²) in [4.78, 5) is 4.23. The fraction of sp³-hybridized carbons (Fsp3) is 0.562. The summed E-state index contributed by atoms with van der Waals surface area (Å²) in [6, 6.07) is 8.07. The number of benzene rings is 1. The molecule has 1 aromatic carbocycles. The molecule has 5 nitrogen and oxygen atoms in total. The second-order valence-electron chi connectivity index (χ2n) is 5.24. The monoisotopic (exact) mass is 419 g/mol. The van der Waals surface area contributed by atoms with E-state index < -0.39 is 0 Å². The Morgan fingerprint density at radius 2 is 2.09 bits per heavy atom. The molecule has 1 aromatic rings. The lowest BCUT2D eigenvalue weighted by atomic mass is 10.2. The summed E-state index contributed by atoms with van der Waals surface area (Å²) in [6.45, 7) is 2.91. The van der Waals surface area contributed by atoms with Crippen LogP contribution in [0, 0.1) is 5.92 Å². The highest BCUT2D eigenvalue weighted by Crippen LogP contribution is 2.27. The first-order chi connectivity index (χ1) is 10.3. The quantitative estimate of drug-likeness (QED) is 0.294. The van der Waals surface area contributed by atoms with Crippen LogP contribution in [0.15, 0.2) is 29.3 Å².